The van der Waals surface area contributed by atoms with Gasteiger partial charge in [0.2, 0.25) is 12.2 Å². The normalized spacial score (nSPS) is 12.7. The fraction of sp³-hybridized carbons (Fsp3) is 0.500. The maximum Gasteiger partial charge on any atom is 0.511 e. The highest BCUT2D eigenvalue weighted by Crippen LogP contribution is 2.27. The van der Waals surface area contributed by atoms with Gasteiger partial charge in [-0.25, -0.2) is 14.4 Å². The van der Waals surface area contributed by atoms with Crippen molar-refractivity contribution in [3.05, 3.63) is 48.0 Å². The van der Waals surface area contributed by atoms with Gasteiger partial charge in [-0.15, -0.1) is 0 Å². The van der Waals surface area contributed by atoms with Crippen molar-refractivity contribution < 1.29 is 48.4 Å². The summed E-state index contributed by atoms with van der Waals surface area (Å²) < 4.78 is 14.4. The fourth-order valence-corrected chi connectivity index (χ4v) is 5.83. The molecule has 230 valence electrons. The second kappa shape index (κ2) is 23.8. The minimum atomic E-state index is -1.26. The minimum Gasteiger partial charge on any atom is -0.478 e. The van der Waals surface area contributed by atoms with Gasteiger partial charge in [0.25, 0.3) is 0 Å². The number of carboxylic acid groups (broad SMARTS) is 2. The number of amides is 1. The highest BCUT2D eigenvalue weighted by molar-refractivity contribution is 8.76. The first-order valence-electron chi connectivity index (χ1n) is 12.5. The molecule has 15 heteroatoms. The van der Waals surface area contributed by atoms with Gasteiger partial charge in [-0.3, -0.25) is 9.59 Å². The summed E-state index contributed by atoms with van der Waals surface area (Å²) in [7, 11) is 3.27. The van der Waals surface area contributed by atoms with Crippen molar-refractivity contribution in [2.75, 3.05) is 36.7 Å². The van der Waals surface area contributed by atoms with E-state index in [1.54, 1.807) is 40.3 Å². The van der Waals surface area contributed by atoms with Gasteiger partial charge >= 0.3 is 24.1 Å². The number of aliphatic carboxylic acids is 2. The number of ether oxygens (including phenoxy) is 3. The SMILES string of the molecule is CCOC(=O)OC(C)OC(=O)CNC(=O)C(CSSCC(N)CCSC)Cc1ccccc1.O=C(O)C=CC(=O)O. The van der Waals surface area contributed by atoms with Crippen LogP contribution in [0.3, 0.4) is 0 Å². The largest absolute Gasteiger partial charge is 0.511 e. The van der Waals surface area contributed by atoms with E-state index in [4.69, 9.17) is 25.4 Å². The summed E-state index contributed by atoms with van der Waals surface area (Å²) in [5.41, 5.74) is 7.15. The summed E-state index contributed by atoms with van der Waals surface area (Å²) >= 11 is 1.78. The molecule has 1 aromatic rings. The first kappa shape index (κ1) is 38.1. The lowest BCUT2D eigenvalue weighted by atomic mass is 10.0. The molecular formula is C26H38N2O10S3. The number of carbonyl (C=O) groups is 5. The second-order valence-corrected chi connectivity index (χ2v) is 11.6. The summed E-state index contributed by atoms with van der Waals surface area (Å²) in [4.78, 5) is 55.2. The molecule has 0 saturated carbocycles. The molecule has 5 N–H and O–H groups in total. The first-order chi connectivity index (χ1) is 19.5. The molecule has 3 unspecified atom stereocenters. The molecule has 41 heavy (non-hydrogen) atoms. The van der Waals surface area contributed by atoms with Crippen molar-refractivity contribution in [1.29, 1.82) is 0 Å². The van der Waals surface area contributed by atoms with E-state index in [1.165, 1.54) is 6.92 Å². The zero-order chi connectivity index (χ0) is 31.0. The van der Waals surface area contributed by atoms with Crippen molar-refractivity contribution >= 4 is 63.3 Å². The quantitative estimate of drug-likeness (QED) is 0.0605. The van der Waals surface area contributed by atoms with Crippen LogP contribution >= 0.6 is 33.3 Å². The number of hydrogen-bond acceptors (Lipinski definition) is 12. The van der Waals surface area contributed by atoms with Crippen LogP contribution in [0.1, 0.15) is 25.8 Å². The third kappa shape index (κ3) is 22.5. The summed E-state index contributed by atoms with van der Waals surface area (Å²) in [6.45, 7) is 2.86. The highest BCUT2D eigenvalue weighted by atomic mass is 33.1. The van der Waals surface area contributed by atoms with Gasteiger partial charge < -0.3 is 35.5 Å². The van der Waals surface area contributed by atoms with Crippen molar-refractivity contribution in [3.8, 4) is 0 Å². The summed E-state index contributed by atoms with van der Waals surface area (Å²) in [5.74, 6) is -1.36. The molecule has 0 bridgehead atoms. The van der Waals surface area contributed by atoms with Crippen LogP contribution in [0, 0.1) is 5.92 Å². The Morgan fingerprint density at radius 1 is 1.00 bits per heavy atom. The van der Waals surface area contributed by atoms with E-state index in [1.807, 2.05) is 30.3 Å². The van der Waals surface area contributed by atoms with Crippen molar-refractivity contribution in [3.63, 3.8) is 0 Å². The lowest BCUT2D eigenvalue weighted by molar-refractivity contribution is -0.167. The van der Waals surface area contributed by atoms with Crippen molar-refractivity contribution in [2.24, 2.45) is 11.7 Å². The summed E-state index contributed by atoms with van der Waals surface area (Å²) in [6.07, 6.45) is 2.65. The van der Waals surface area contributed by atoms with Crippen LogP contribution < -0.4 is 11.1 Å². The van der Waals surface area contributed by atoms with E-state index in [9.17, 15) is 24.0 Å². The third-order valence-electron chi connectivity index (χ3n) is 4.62. The number of benzene rings is 1. The van der Waals surface area contributed by atoms with Gasteiger partial charge in [0.15, 0.2) is 0 Å². The number of nitrogens with two attached hydrogens (primary N) is 1. The Morgan fingerprint density at radius 3 is 2.17 bits per heavy atom. The fourth-order valence-electron chi connectivity index (χ4n) is 2.73. The molecule has 1 aromatic carbocycles. The molecular weight excluding hydrogens is 596 g/mol. The second-order valence-electron chi connectivity index (χ2n) is 8.08. The van der Waals surface area contributed by atoms with Gasteiger partial charge in [0, 0.05) is 36.6 Å². The van der Waals surface area contributed by atoms with Crippen LogP contribution in [0.15, 0.2) is 42.5 Å². The van der Waals surface area contributed by atoms with E-state index >= 15 is 0 Å². The summed E-state index contributed by atoms with van der Waals surface area (Å²) in [5, 5.41) is 18.3. The van der Waals surface area contributed by atoms with E-state index in [0.717, 1.165) is 23.5 Å². The maximum atomic E-state index is 12.8. The predicted molar refractivity (Wildman–Crippen MR) is 161 cm³/mol. The average Bonchev–Trinajstić information content (AvgIpc) is 2.92. The zero-order valence-electron chi connectivity index (χ0n) is 23.2. The minimum absolute atomic E-state index is 0.130. The Kier molecular flexibility index (Phi) is 22.1. The van der Waals surface area contributed by atoms with Gasteiger partial charge in [-0.2, -0.15) is 11.8 Å². The molecule has 0 heterocycles. The summed E-state index contributed by atoms with van der Waals surface area (Å²) in [6, 6.07) is 9.86. The first-order valence-corrected chi connectivity index (χ1v) is 16.3. The Bertz CT molecular complexity index is 950. The standard InChI is InChI=1S/C22H34N2O6S3.C4H4O4/c1-4-28-22(27)30-16(2)29-20(25)13-24-21(26)18(12-17-8-6-5-7-9-17)14-32-33-15-19(23)10-11-31-3;5-3(6)1-2-4(7)8/h5-9,16,18-19H,4,10-15,23H2,1-3H3,(H,24,26);1-2H,(H,5,6)(H,7,8). The number of carboxylic acids is 2. The highest BCUT2D eigenvalue weighted by Gasteiger charge is 2.22. The Morgan fingerprint density at radius 2 is 1.61 bits per heavy atom. The van der Waals surface area contributed by atoms with Crippen LogP contribution in [-0.4, -0.2) is 89.2 Å². The molecule has 0 fully saturated rings. The van der Waals surface area contributed by atoms with Gasteiger partial charge in [0.1, 0.15) is 6.54 Å². The van der Waals surface area contributed by atoms with Crippen LogP contribution in [0.2, 0.25) is 0 Å². The van der Waals surface area contributed by atoms with Crippen molar-refractivity contribution in [1.82, 2.24) is 5.32 Å². The van der Waals surface area contributed by atoms with Crippen LogP contribution in [0.4, 0.5) is 4.79 Å². The van der Waals surface area contributed by atoms with E-state index in [-0.39, 0.29) is 31.0 Å². The van der Waals surface area contributed by atoms with E-state index in [0.29, 0.717) is 24.3 Å². The van der Waals surface area contributed by atoms with E-state index < -0.39 is 30.4 Å². The Hall–Kier alpha value is -2.88. The molecule has 0 aromatic heterocycles. The topological polar surface area (TPSA) is 192 Å². The molecule has 1 rings (SSSR count). The van der Waals surface area contributed by atoms with Gasteiger partial charge in [0.05, 0.1) is 12.5 Å². The molecule has 0 saturated heterocycles. The molecule has 3 atom stereocenters. The molecule has 0 radical (unpaired) electrons. The maximum absolute atomic E-state index is 12.8. The van der Waals surface area contributed by atoms with Crippen LogP contribution in [-0.2, 0) is 39.8 Å². The average molecular weight is 635 g/mol. The Labute approximate surface area is 251 Å². The van der Waals surface area contributed by atoms with Crippen LogP contribution in [0.25, 0.3) is 0 Å². The number of hydrogen-bond donors (Lipinski definition) is 4. The van der Waals surface area contributed by atoms with Gasteiger partial charge in [-0.1, -0.05) is 51.9 Å². The predicted octanol–water partition coefficient (Wildman–Crippen LogP) is 3.20. The Balaban J connectivity index is 0.00000173. The zero-order valence-corrected chi connectivity index (χ0v) is 25.6. The monoisotopic (exact) mass is 634 g/mol. The number of carbonyl (C=O) groups excluding carboxylic acids is 3. The third-order valence-corrected chi connectivity index (χ3v) is 7.85. The lowest BCUT2D eigenvalue weighted by Crippen LogP contribution is -2.38. The van der Waals surface area contributed by atoms with Gasteiger partial charge in [-0.05, 0) is 37.3 Å². The molecule has 12 nitrogen and oxygen atoms in total. The molecule has 0 aliphatic heterocycles. The lowest BCUT2D eigenvalue weighted by Gasteiger charge is -2.18. The molecule has 0 aliphatic carbocycles. The number of nitrogens with one attached hydrogen (secondary N) is 1. The number of rotatable bonds is 18. The number of esters is 1. The number of thioether (sulfide) groups is 1. The van der Waals surface area contributed by atoms with E-state index in [2.05, 4.69) is 16.3 Å². The van der Waals surface area contributed by atoms with Crippen LogP contribution in [0.5, 0.6) is 0 Å². The molecule has 1 amide bonds. The molecule has 0 aliphatic rings. The van der Waals surface area contributed by atoms with Crippen molar-refractivity contribution in [2.45, 2.75) is 39.0 Å². The smallest absolute Gasteiger partial charge is 0.478 e. The molecule has 0 spiro atoms.